The van der Waals surface area contributed by atoms with Gasteiger partial charge in [0.25, 0.3) is 0 Å². The first-order chi connectivity index (χ1) is 15.2. The van der Waals surface area contributed by atoms with Gasteiger partial charge in [0.1, 0.15) is 11.6 Å². The number of benzene rings is 3. The number of hydrogen-bond acceptors (Lipinski definition) is 3. The number of H-pyrrole nitrogens is 2. The Labute approximate surface area is 179 Å². The van der Waals surface area contributed by atoms with Crippen LogP contribution in [-0.4, -0.2) is 25.8 Å². The van der Waals surface area contributed by atoms with Crippen molar-refractivity contribution in [3.63, 3.8) is 0 Å². The van der Waals surface area contributed by atoms with E-state index >= 15 is 0 Å². The van der Waals surface area contributed by atoms with Crippen LogP contribution < -0.4 is 5.32 Å². The number of rotatable bonds is 7. The number of aromatic amines is 2. The molecule has 0 saturated carbocycles. The number of imidazole rings is 2. The Morgan fingerprint density at radius 3 is 2.29 bits per heavy atom. The van der Waals surface area contributed by atoms with Gasteiger partial charge in [0.15, 0.2) is 0 Å². The highest BCUT2D eigenvalue weighted by Gasteiger charge is 2.09. The Hall–Kier alpha value is -3.93. The zero-order valence-electron chi connectivity index (χ0n) is 17.1. The highest BCUT2D eigenvalue weighted by Crippen LogP contribution is 2.19. The van der Waals surface area contributed by atoms with Gasteiger partial charge < -0.3 is 15.3 Å². The van der Waals surface area contributed by atoms with E-state index in [1.54, 1.807) is 0 Å². The van der Waals surface area contributed by atoms with Crippen LogP contribution in [0, 0.1) is 0 Å². The first-order valence-electron chi connectivity index (χ1n) is 10.5. The van der Waals surface area contributed by atoms with Gasteiger partial charge >= 0.3 is 0 Å². The fourth-order valence-electron chi connectivity index (χ4n) is 3.75. The van der Waals surface area contributed by atoms with Crippen molar-refractivity contribution >= 4 is 33.7 Å². The van der Waals surface area contributed by atoms with E-state index in [0.29, 0.717) is 12.8 Å². The molecule has 154 valence electrons. The summed E-state index contributed by atoms with van der Waals surface area (Å²) in [5.41, 5.74) is 5.80. The predicted octanol–water partition coefficient (Wildman–Crippen LogP) is 4.80. The van der Waals surface area contributed by atoms with Crippen LogP contribution in [0.5, 0.6) is 0 Å². The highest BCUT2D eigenvalue weighted by atomic mass is 16.1. The zero-order valence-corrected chi connectivity index (χ0v) is 17.1. The molecule has 0 unspecified atom stereocenters. The van der Waals surface area contributed by atoms with Gasteiger partial charge in [-0.15, -0.1) is 0 Å². The summed E-state index contributed by atoms with van der Waals surface area (Å²) < 4.78 is 0. The lowest BCUT2D eigenvalue weighted by atomic mass is 10.1. The molecule has 3 aromatic carbocycles. The zero-order chi connectivity index (χ0) is 21.0. The summed E-state index contributed by atoms with van der Waals surface area (Å²) in [5, 5.41) is 2.98. The maximum Gasteiger partial charge on any atom is 0.224 e. The maximum atomic E-state index is 12.4. The number of para-hydroxylation sites is 2. The van der Waals surface area contributed by atoms with Crippen molar-refractivity contribution < 1.29 is 4.79 Å². The van der Waals surface area contributed by atoms with Gasteiger partial charge in [0.05, 0.1) is 22.1 Å². The van der Waals surface area contributed by atoms with Crippen molar-refractivity contribution in [1.82, 2.24) is 19.9 Å². The average Bonchev–Trinajstić information content (AvgIpc) is 3.40. The Morgan fingerprint density at radius 1 is 0.742 bits per heavy atom. The summed E-state index contributed by atoms with van der Waals surface area (Å²) in [5.74, 6) is 1.74. The third-order valence-electron chi connectivity index (χ3n) is 5.34. The lowest BCUT2D eigenvalue weighted by Gasteiger charge is -2.04. The van der Waals surface area contributed by atoms with Crippen LogP contribution in [0.4, 0.5) is 5.69 Å². The minimum absolute atomic E-state index is 0.0383. The molecular formula is C25H23N5O. The van der Waals surface area contributed by atoms with E-state index in [9.17, 15) is 4.79 Å². The first kappa shape index (κ1) is 19.1. The van der Waals surface area contributed by atoms with Gasteiger partial charge in [-0.3, -0.25) is 4.79 Å². The van der Waals surface area contributed by atoms with Gasteiger partial charge in [-0.2, -0.15) is 0 Å². The molecule has 0 fully saturated rings. The number of carbonyl (C=O) groups is 1. The van der Waals surface area contributed by atoms with Gasteiger partial charge in [-0.1, -0.05) is 42.5 Å². The number of fused-ring (bicyclic) bond motifs is 2. The molecule has 5 rings (SSSR count). The van der Waals surface area contributed by atoms with Crippen LogP contribution in [0.2, 0.25) is 0 Å². The second-order valence-electron chi connectivity index (χ2n) is 7.65. The fraction of sp³-hybridized carbons (Fsp3) is 0.160. The van der Waals surface area contributed by atoms with Crippen molar-refractivity contribution in [3.8, 4) is 0 Å². The molecule has 0 radical (unpaired) electrons. The third kappa shape index (κ3) is 4.48. The van der Waals surface area contributed by atoms with E-state index in [1.165, 1.54) is 5.56 Å². The molecule has 2 aromatic heterocycles. The summed E-state index contributed by atoms with van der Waals surface area (Å²) >= 11 is 0. The summed E-state index contributed by atoms with van der Waals surface area (Å²) in [6.07, 6.45) is 2.71. The van der Waals surface area contributed by atoms with Crippen molar-refractivity contribution in [2.45, 2.75) is 25.7 Å². The van der Waals surface area contributed by atoms with E-state index in [-0.39, 0.29) is 5.91 Å². The summed E-state index contributed by atoms with van der Waals surface area (Å²) in [6, 6.07) is 24.0. The van der Waals surface area contributed by atoms with Crippen molar-refractivity contribution in [2.75, 3.05) is 5.32 Å². The molecule has 0 aliphatic carbocycles. The van der Waals surface area contributed by atoms with E-state index in [1.807, 2.05) is 48.5 Å². The van der Waals surface area contributed by atoms with Crippen molar-refractivity contribution in [2.24, 2.45) is 0 Å². The Balaban J connectivity index is 1.20. The minimum Gasteiger partial charge on any atom is -0.342 e. The second kappa shape index (κ2) is 8.44. The number of anilines is 1. The van der Waals surface area contributed by atoms with Crippen LogP contribution in [0.3, 0.4) is 0 Å². The topological polar surface area (TPSA) is 86.5 Å². The summed E-state index contributed by atoms with van der Waals surface area (Å²) in [6.45, 7) is 0. The van der Waals surface area contributed by atoms with Gasteiger partial charge in [0.2, 0.25) is 5.91 Å². The van der Waals surface area contributed by atoms with E-state index in [4.69, 9.17) is 0 Å². The molecule has 1 amide bonds. The smallest absolute Gasteiger partial charge is 0.224 e. The molecule has 6 nitrogen and oxygen atoms in total. The summed E-state index contributed by atoms with van der Waals surface area (Å²) in [4.78, 5) is 28.2. The van der Waals surface area contributed by atoms with Crippen LogP contribution in [0.1, 0.15) is 23.6 Å². The molecule has 6 heteroatoms. The predicted molar refractivity (Wildman–Crippen MR) is 123 cm³/mol. The van der Waals surface area contributed by atoms with Crippen LogP contribution in [0.15, 0.2) is 72.8 Å². The number of nitrogens with zero attached hydrogens (tertiary/aromatic N) is 2. The summed E-state index contributed by atoms with van der Waals surface area (Å²) in [7, 11) is 0. The minimum atomic E-state index is -0.0383. The average molecular weight is 409 g/mol. The lowest BCUT2D eigenvalue weighted by molar-refractivity contribution is -0.116. The number of aromatic nitrogens is 4. The molecule has 0 bridgehead atoms. The number of nitrogens with one attached hydrogen (secondary N) is 3. The van der Waals surface area contributed by atoms with Crippen LogP contribution in [0.25, 0.3) is 22.1 Å². The van der Waals surface area contributed by atoms with E-state index in [0.717, 1.165) is 52.2 Å². The molecule has 2 heterocycles. The standard InChI is InChI=1S/C25H23N5O/c31-25(15-14-24-27-19-8-4-5-9-20(19)28-24)26-18-11-12-21-22(16-18)30-23(29-21)13-10-17-6-2-1-3-7-17/h1-9,11-12,16H,10,13-15H2,(H,26,31)(H,27,28)(H,29,30). The van der Waals surface area contributed by atoms with Crippen molar-refractivity contribution in [1.29, 1.82) is 0 Å². The molecule has 0 aliphatic rings. The second-order valence-corrected chi connectivity index (χ2v) is 7.65. The molecule has 5 aromatic rings. The maximum absolute atomic E-state index is 12.4. The Kier molecular flexibility index (Phi) is 5.19. The SMILES string of the molecule is O=C(CCc1nc2ccccc2[nH]1)Nc1ccc2nc(CCc3ccccc3)[nH]c2c1. The largest absolute Gasteiger partial charge is 0.342 e. The molecule has 0 saturated heterocycles. The molecule has 0 atom stereocenters. The molecule has 3 N–H and O–H groups in total. The van der Waals surface area contributed by atoms with Crippen LogP contribution >= 0.6 is 0 Å². The van der Waals surface area contributed by atoms with Gasteiger partial charge in [0, 0.05) is 24.9 Å². The normalized spacial score (nSPS) is 11.2. The first-order valence-corrected chi connectivity index (χ1v) is 10.5. The third-order valence-corrected chi connectivity index (χ3v) is 5.34. The van der Waals surface area contributed by atoms with Gasteiger partial charge in [-0.05, 0) is 42.3 Å². The molecule has 0 aliphatic heterocycles. The fourth-order valence-corrected chi connectivity index (χ4v) is 3.75. The Bertz CT molecular complexity index is 1300. The number of amides is 1. The quantitative estimate of drug-likeness (QED) is 0.361. The van der Waals surface area contributed by atoms with Gasteiger partial charge in [-0.25, -0.2) is 9.97 Å². The Morgan fingerprint density at radius 2 is 1.45 bits per heavy atom. The molecule has 0 spiro atoms. The van der Waals surface area contributed by atoms with E-state index < -0.39 is 0 Å². The molecular weight excluding hydrogens is 386 g/mol. The highest BCUT2D eigenvalue weighted by molar-refractivity contribution is 5.93. The number of hydrogen-bond donors (Lipinski definition) is 3. The van der Waals surface area contributed by atoms with Crippen molar-refractivity contribution in [3.05, 3.63) is 90.0 Å². The number of carbonyl (C=O) groups excluding carboxylic acids is 1. The monoisotopic (exact) mass is 409 g/mol. The van der Waals surface area contributed by atoms with Crippen LogP contribution in [-0.2, 0) is 24.1 Å². The lowest BCUT2D eigenvalue weighted by Crippen LogP contribution is -2.12. The van der Waals surface area contributed by atoms with E-state index in [2.05, 4.69) is 49.5 Å². The molecule has 31 heavy (non-hydrogen) atoms. The number of aryl methyl sites for hydroxylation is 3.